The lowest BCUT2D eigenvalue weighted by atomic mass is 10.1. The van der Waals surface area contributed by atoms with Crippen LogP contribution in [0, 0.1) is 0 Å². The van der Waals surface area contributed by atoms with Gasteiger partial charge >= 0.3 is 0 Å². The molecule has 1 aliphatic heterocycles. The van der Waals surface area contributed by atoms with E-state index in [0.29, 0.717) is 18.1 Å². The Morgan fingerprint density at radius 1 is 1.00 bits per heavy atom. The summed E-state index contributed by atoms with van der Waals surface area (Å²) >= 11 is 6.07. The van der Waals surface area contributed by atoms with Gasteiger partial charge < -0.3 is 0 Å². The lowest BCUT2D eigenvalue weighted by Gasteiger charge is -2.15. The van der Waals surface area contributed by atoms with Gasteiger partial charge in [0.1, 0.15) is 0 Å². The lowest BCUT2D eigenvalue weighted by Crippen LogP contribution is -2.16. The minimum atomic E-state index is -1.19. The molecule has 2 aromatic rings. The zero-order valence-corrected chi connectivity index (χ0v) is 16.7. The molecule has 0 N–H and O–H groups in total. The minimum absolute atomic E-state index is 0.406. The second-order valence-electron chi connectivity index (χ2n) is 7.75. The molecule has 126 valence electrons. The molecule has 2 aromatic carbocycles. The van der Waals surface area contributed by atoms with Gasteiger partial charge in [-0.3, -0.25) is 4.90 Å². The molecule has 0 bridgehead atoms. The van der Waals surface area contributed by atoms with Crippen LogP contribution in [-0.2, 0) is 0 Å². The van der Waals surface area contributed by atoms with Gasteiger partial charge in [0.15, 0.2) is 0 Å². The number of halogens is 1. The van der Waals surface area contributed by atoms with Crippen LogP contribution < -0.4 is 0 Å². The van der Waals surface area contributed by atoms with Crippen LogP contribution in [0.3, 0.4) is 0 Å². The van der Waals surface area contributed by atoms with E-state index in [1.165, 1.54) is 11.1 Å². The first-order valence-electron chi connectivity index (χ1n) is 8.64. The van der Waals surface area contributed by atoms with Gasteiger partial charge in [-0.1, -0.05) is 85.5 Å². The van der Waals surface area contributed by atoms with Crippen LogP contribution >= 0.6 is 11.6 Å². The second-order valence-corrected chi connectivity index (χ2v) is 13.2. The summed E-state index contributed by atoms with van der Waals surface area (Å²) in [4.78, 5) is 2.59. The standard InChI is InChI=1S/C21H26ClNSi/c1-16(17-8-6-5-7-9-17)23-20(14-15-24(2,3)4)21(23)18-10-12-19(22)13-11-18/h5-16,20-21H,1-4H3/b15-14+/t16-,20+,21+,23?/m0/s1. The highest BCUT2D eigenvalue weighted by molar-refractivity contribution is 6.80. The van der Waals surface area contributed by atoms with Gasteiger partial charge in [0.05, 0.1) is 14.1 Å². The third-order valence-corrected chi connectivity index (χ3v) is 6.08. The fourth-order valence-electron chi connectivity index (χ4n) is 3.29. The number of nitrogens with zero attached hydrogens (tertiary/aromatic N) is 1. The molecule has 0 amide bonds. The topological polar surface area (TPSA) is 3.01 Å². The first-order valence-corrected chi connectivity index (χ1v) is 12.6. The van der Waals surface area contributed by atoms with Crippen LogP contribution in [-0.4, -0.2) is 19.0 Å². The van der Waals surface area contributed by atoms with Crippen molar-refractivity contribution in [2.24, 2.45) is 0 Å². The number of benzene rings is 2. The molecule has 0 aliphatic carbocycles. The Morgan fingerprint density at radius 3 is 2.21 bits per heavy atom. The first-order chi connectivity index (χ1) is 11.4. The molecule has 0 aromatic heterocycles. The summed E-state index contributed by atoms with van der Waals surface area (Å²) in [6.45, 7) is 9.46. The quantitative estimate of drug-likeness (QED) is 0.451. The molecule has 0 radical (unpaired) electrons. The molecule has 3 heteroatoms. The maximum atomic E-state index is 6.07. The summed E-state index contributed by atoms with van der Waals surface area (Å²) in [6.07, 6.45) is 2.44. The Labute approximate surface area is 152 Å². The maximum Gasteiger partial charge on any atom is 0.0683 e. The molecule has 1 unspecified atom stereocenters. The highest BCUT2D eigenvalue weighted by Gasteiger charge is 2.49. The predicted molar refractivity (Wildman–Crippen MR) is 107 cm³/mol. The van der Waals surface area contributed by atoms with Crippen LogP contribution in [0.5, 0.6) is 0 Å². The lowest BCUT2D eigenvalue weighted by molar-refractivity contribution is 0.396. The van der Waals surface area contributed by atoms with Gasteiger partial charge in [-0.2, -0.15) is 0 Å². The fraction of sp³-hybridized carbons (Fsp3) is 0.333. The highest BCUT2D eigenvalue weighted by Crippen LogP contribution is 2.50. The molecule has 1 saturated heterocycles. The van der Waals surface area contributed by atoms with Crippen molar-refractivity contribution in [3.05, 3.63) is 82.5 Å². The van der Waals surface area contributed by atoms with E-state index in [9.17, 15) is 0 Å². The highest BCUT2D eigenvalue weighted by atomic mass is 35.5. The summed E-state index contributed by atoms with van der Waals surface area (Å²) in [6, 6.07) is 20.4. The van der Waals surface area contributed by atoms with E-state index in [1.54, 1.807) is 0 Å². The molecule has 1 nitrogen and oxygen atoms in total. The molecule has 1 aliphatic rings. The van der Waals surface area contributed by atoms with Crippen molar-refractivity contribution in [1.82, 2.24) is 4.90 Å². The van der Waals surface area contributed by atoms with Crippen LogP contribution in [0.1, 0.15) is 30.1 Å². The molecule has 4 atom stereocenters. The van der Waals surface area contributed by atoms with Crippen LogP contribution in [0.25, 0.3) is 0 Å². The number of hydrogen-bond acceptors (Lipinski definition) is 1. The number of hydrogen-bond donors (Lipinski definition) is 0. The zero-order valence-electron chi connectivity index (χ0n) is 14.9. The molecule has 3 rings (SSSR count). The Balaban J connectivity index is 1.86. The van der Waals surface area contributed by atoms with E-state index >= 15 is 0 Å². The Hall–Kier alpha value is -1.35. The average Bonchev–Trinajstić information content (AvgIpc) is 3.27. The van der Waals surface area contributed by atoms with Gasteiger partial charge in [-0.25, -0.2) is 0 Å². The smallest absolute Gasteiger partial charge is 0.0683 e. The molecule has 0 spiro atoms. The monoisotopic (exact) mass is 355 g/mol. The Bertz CT molecular complexity index is 703. The van der Waals surface area contributed by atoms with Crippen molar-refractivity contribution in [3.63, 3.8) is 0 Å². The summed E-state index contributed by atoms with van der Waals surface area (Å²) in [7, 11) is -1.19. The molecule has 0 saturated carbocycles. The van der Waals surface area contributed by atoms with Crippen molar-refractivity contribution < 1.29 is 0 Å². The molecular weight excluding hydrogens is 330 g/mol. The van der Waals surface area contributed by atoms with Crippen molar-refractivity contribution in [3.8, 4) is 0 Å². The van der Waals surface area contributed by atoms with Crippen molar-refractivity contribution in [2.75, 3.05) is 0 Å². The van der Waals surface area contributed by atoms with Gasteiger partial charge in [-0.05, 0) is 30.2 Å². The summed E-state index contributed by atoms with van der Waals surface area (Å²) in [5.74, 6) is 0. The fourth-order valence-corrected chi connectivity index (χ4v) is 4.19. The molecule has 1 heterocycles. The summed E-state index contributed by atoms with van der Waals surface area (Å²) < 4.78 is 0. The van der Waals surface area contributed by atoms with Crippen molar-refractivity contribution in [1.29, 1.82) is 0 Å². The van der Waals surface area contributed by atoms with E-state index in [1.807, 2.05) is 12.1 Å². The maximum absolute atomic E-state index is 6.07. The predicted octanol–water partition coefficient (Wildman–Crippen LogP) is 6.26. The van der Waals surface area contributed by atoms with Crippen LogP contribution in [0.2, 0.25) is 24.7 Å². The van der Waals surface area contributed by atoms with Gasteiger partial charge in [0.25, 0.3) is 0 Å². The SMILES string of the molecule is C[C@@H](c1ccccc1)N1[C@H](/C=C/[Si](C)(C)C)[C@H]1c1ccc(Cl)cc1. The molecule has 24 heavy (non-hydrogen) atoms. The van der Waals surface area contributed by atoms with Gasteiger partial charge in [0, 0.05) is 17.1 Å². The van der Waals surface area contributed by atoms with Crippen molar-refractivity contribution in [2.45, 2.75) is 44.7 Å². The van der Waals surface area contributed by atoms with E-state index in [4.69, 9.17) is 11.6 Å². The van der Waals surface area contributed by atoms with Gasteiger partial charge in [0.2, 0.25) is 0 Å². The molecular formula is C21H26ClNSi. The minimum Gasteiger partial charge on any atom is -0.279 e. The average molecular weight is 356 g/mol. The Morgan fingerprint density at radius 2 is 1.62 bits per heavy atom. The molecule has 1 fully saturated rings. The third kappa shape index (κ3) is 4.00. The van der Waals surface area contributed by atoms with Crippen molar-refractivity contribution >= 4 is 19.7 Å². The van der Waals surface area contributed by atoms with Crippen LogP contribution in [0.15, 0.2) is 66.4 Å². The van der Waals surface area contributed by atoms with Gasteiger partial charge in [-0.15, -0.1) is 0 Å². The first kappa shape index (κ1) is 17.5. The van der Waals surface area contributed by atoms with E-state index in [2.05, 4.69) is 85.7 Å². The Kier molecular flexibility index (Phi) is 5.00. The zero-order chi connectivity index (χ0) is 17.3. The number of rotatable bonds is 5. The van der Waals surface area contributed by atoms with Crippen LogP contribution in [0.4, 0.5) is 0 Å². The third-order valence-electron chi connectivity index (χ3n) is 4.63. The van der Waals surface area contributed by atoms with E-state index in [0.717, 1.165) is 5.02 Å². The van der Waals surface area contributed by atoms with E-state index in [-0.39, 0.29) is 0 Å². The summed E-state index contributed by atoms with van der Waals surface area (Å²) in [5.41, 5.74) is 5.20. The summed E-state index contributed by atoms with van der Waals surface area (Å²) in [5, 5.41) is 0.802. The second kappa shape index (κ2) is 6.87. The van der Waals surface area contributed by atoms with E-state index < -0.39 is 8.07 Å². The largest absolute Gasteiger partial charge is 0.279 e. The normalized spacial score (nSPS) is 25.0.